The standard InChI is InChI=1S/C26H28ClN3O3/c1-16-12-19(14-25(31)29-16)21-9-11-30(26(32)33)15-23(21)22-7-6-18(13-24(22)27)20-5-3-2-4-17(20)8-10-28/h2-7,12-14,21,23H,8-11,15,28H2,1H3,(H,29,31)(H,32,33). The lowest BCUT2D eigenvalue weighted by molar-refractivity contribution is 0.125. The van der Waals surface area contributed by atoms with Gasteiger partial charge in [0.1, 0.15) is 0 Å². The Bertz CT molecular complexity index is 1220. The molecule has 2 aromatic carbocycles. The van der Waals surface area contributed by atoms with Crippen molar-refractivity contribution in [2.45, 2.75) is 31.6 Å². The van der Waals surface area contributed by atoms with Gasteiger partial charge in [-0.3, -0.25) is 4.79 Å². The van der Waals surface area contributed by atoms with Crippen LogP contribution < -0.4 is 11.3 Å². The number of hydrogen-bond donors (Lipinski definition) is 3. The van der Waals surface area contributed by atoms with E-state index in [-0.39, 0.29) is 17.4 Å². The van der Waals surface area contributed by atoms with Crippen LogP contribution in [0.3, 0.4) is 0 Å². The van der Waals surface area contributed by atoms with Crippen LogP contribution in [0.1, 0.15) is 40.6 Å². The van der Waals surface area contributed by atoms with Crippen LogP contribution >= 0.6 is 11.6 Å². The third-order valence-electron chi connectivity index (χ3n) is 6.45. The highest BCUT2D eigenvalue weighted by Gasteiger charge is 2.35. The minimum absolute atomic E-state index is 0.00511. The van der Waals surface area contributed by atoms with Crippen molar-refractivity contribution < 1.29 is 9.90 Å². The Hall–Kier alpha value is -3.09. The van der Waals surface area contributed by atoms with Crippen molar-refractivity contribution in [1.82, 2.24) is 9.88 Å². The summed E-state index contributed by atoms with van der Waals surface area (Å²) in [5, 5.41) is 10.2. The fraction of sp³-hybridized carbons (Fsp3) is 0.308. The van der Waals surface area contributed by atoms with Crippen molar-refractivity contribution in [2.24, 2.45) is 5.73 Å². The monoisotopic (exact) mass is 465 g/mol. The van der Waals surface area contributed by atoms with Gasteiger partial charge in [0, 0.05) is 35.8 Å². The topological polar surface area (TPSA) is 99.4 Å². The number of aromatic amines is 1. The predicted molar refractivity (Wildman–Crippen MR) is 131 cm³/mol. The summed E-state index contributed by atoms with van der Waals surface area (Å²) < 4.78 is 0. The van der Waals surface area contributed by atoms with E-state index in [0.717, 1.165) is 39.9 Å². The number of hydrogen-bond acceptors (Lipinski definition) is 3. The number of piperidine rings is 1. The molecule has 1 amide bonds. The largest absolute Gasteiger partial charge is 0.465 e. The molecular weight excluding hydrogens is 438 g/mol. The molecule has 1 fully saturated rings. The number of H-pyrrole nitrogens is 1. The quantitative estimate of drug-likeness (QED) is 0.506. The Balaban J connectivity index is 1.75. The second-order valence-corrected chi connectivity index (χ2v) is 9.03. The average Bonchev–Trinajstić information content (AvgIpc) is 2.78. The number of benzene rings is 2. The van der Waals surface area contributed by atoms with E-state index in [0.29, 0.717) is 31.1 Å². The molecule has 33 heavy (non-hydrogen) atoms. The number of aromatic nitrogens is 1. The highest BCUT2D eigenvalue weighted by molar-refractivity contribution is 6.31. The smallest absolute Gasteiger partial charge is 0.407 e. The first-order chi connectivity index (χ1) is 15.9. The summed E-state index contributed by atoms with van der Waals surface area (Å²) in [5.74, 6) is -0.161. The number of nitrogens with two attached hydrogens (primary N) is 1. The minimum atomic E-state index is -0.941. The van der Waals surface area contributed by atoms with E-state index in [9.17, 15) is 14.7 Å². The maximum atomic E-state index is 12.1. The summed E-state index contributed by atoms with van der Waals surface area (Å²) in [6, 6.07) is 17.7. The minimum Gasteiger partial charge on any atom is -0.465 e. The molecular formula is C26H28ClN3O3. The number of pyridine rings is 1. The summed E-state index contributed by atoms with van der Waals surface area (Å²) in [7, 11) is 0. The number of likely N-dealkylation sites (tertiary alicyclic amines) is 1. The first-order valence-electron chi connectivity index (χ1n) is 11.1. The van der Waals surface area contributed by atoms with E-state index in [4.69, 9.17) is 17.3 Å². The van der Waals surface area contributed by atoms with Crippen LogP contribution in [0.5, 0.6) is 0 Å². The van der Waals surface area contributed by atoms with Crippen molar-refractivity contribution in [3.63, 3.8) is 0 Å². The first-order valence-corrected chi connectivity index (χ1v) is 11.5. The summed E-state index contributed by atoms with van der Waals surface area (Å²) in [4.78, 5) is 28.1. The SMILES string of the molecule is Cc1cc(C2CCN(C(=O)O)CC2c2ccc(-c3ccccc3CCN)cc2Cl)cc(=O)[nH]1. The lowest BCUT2D eigenvalue weighted by Crippen LogP contribution is -2.41. The van der Waals surface area contributed by atoms with Crippen molar-refractivity contribution >= 4 is 17.7 Å². The normalized spacial score (nSPS) is 18.3. The third kappa shape index (κ3) is 4.97. The molecule has 6 nitrogen and oxygen atoms in total. The van der Waals surface area contributed by atoms with E-state index < -0.39 is 6.09 Å². The lowest BCUT2D eigenvalue weighted by atomic mass is 9.76. The zero-order valence-corrected chi connectivity index (χ0v) is 19.3. The van der Waals surface area contributed by atoms with Crippen molar-refractivity contribution in [2.75, 3.05) is 19.6 Å². The number of carbonyl (C=O) groups is 1. The molecule has 7 heteroatoms. The first kappa shape index (κ1) is 23.1. The number of carboxylic acid groups (broad SMARTS) is 1. The molecule has 4 N–H and O–H groups in total. The van der Waals surface area contributed by atoms with Crippen LogP contribution in [0.4, 0.5) is 4.79 Å². The molecule has 1 aliphatic heterocycles. The summed E-state index contributed by atoms with van der Waals surface area (Å²) >= 11 is 6.83. The van der Waals surface area contributed by atoms with Crippen LogP contribution in [-0.4, -0.2) is 40.7 Å². The number of amides is 1. The number of aryl methyl sites for hydroxylation is 1. The molecule has 2 heterocycles. The van der Waals surface area contributed by atoms with E-state index in [2.05, 4.69) is 17.1 Å². The molecule has 0 aliphatic carbocycles. The number of nitrogens with one attached hydrogen (secondary N) is 1. The van der Waals surface area contributed by atoms with Crippen molar-refractivity contribution in [3.05, 3.63) is 92.4 Å². The zero-order chi connectivity index (χ0) is 23.5. The molecule has 2 atom stereocenters. The van der Waals surface area contributed by atoms with E-state index in [1.807, 2.05) is 43.3 Å². The van der Waals surface area contributed by atoms with Gasteiger partial charge in [-0.25, -0.2) is 4.79 Å². The lowest BCUT2D eigenvalue weighted by Gasteiger charge is -2.38. The number of halogens is 1. The van der Waals surface area contributed by atoms with Gasteiger partial charge < -0.3 is 20.7 Å². The highest BCUT2D eigenvalue weighted by Crippen LogP contribution is 2.43. The fourth-order valence-corrected chi connectivity index (χ4v) is 5.25. The summed E-state index contributed by atoms with van der Waals surface area (Å²) in [6.07, 6.45) is 0.455. The highest BCUT2D eigenvalue weighted by atomic mass is 35.5. The molecule has 0 bridgehead atoms. The molecule has 172 valence electrons. The molecule has 3 aromatic rings. The molecule has 0 saturated carbocycles. The molecule has 1 saturated heterocycles. The molecule has 1 aromatic heterocycles. The second-order valence-electron chi connectivity index (χ2n) is 8.62. The van der Waals surface area contributed by atoms with Crippen molar-refractivity contribution in [3.8, 4) is 11.1 Å². The fourth-order valence-electron chi connectivity index (χ4n) is 4.93. The third-order valence-corrected chi connectivity index (χ3v) is 6.78. The van der Waals surface area contributed by atoms with Crippen LogP contribution in [0.15, 0.2) is 59.4 Å². The summed E-state index contributed by atoms with van der Waals surface area (Å²) in [6.45, 7) is 3.17. The Labute approximate surface area is 198 Å². The van der Waals surface area contributed by atoms with Gasteiger partial charge in [0.25, 0.3) is 0 Å². The van der Waals surface area contributed by atoms with E-state index in [1.165, 1.54) is 4.90 Å². The van der Waals surface area contributed by atoms with Gasteiger partial charge in [-0.1, -0.05) is 48.0 Å². The van der Waals surface area contributed by atoms with Gasteiger partial charge in [0.15, 0.2) is 0 Å². The number of nitrogens with zero attached hydrogens (tertiary/aromatic N) is 1. The molecule has 2 unspecified atom stereocenters. The Morgan fingerprint density at radius 2 is 1.97 bits per heavy atom. The van der Waals surface area contributed by atoms with E-state index >= 15 is 0 Å². The van der Waals surface area contributed by atoms with Crippen LogP contribution in [-0.2, 0) is 6.42 Å². The molecule has 4 rings (SSSR count). The Morgan fingerprint density at radius 3 is 2.67 bits per heavy atom. The zero-order valence-electron chi connectivity index (χ0n) is 18.6. The van der Waals surface area contributed by atoms with Gasteiger partial charge >= 0.3 is 6.09 Å². The molecule has 0 radical (unpaired) electrons. The molecule has 1 aliphatic rings. The van der Waals surface area contributed by atoms with Crippen molar-refractivity contribution in [1.29, 1.82) is 0 Å². The van der Waals surface area contributed by atoms with Gasteiger partial charge in [-0.15, -0.1) is 0 Å². The summed E-state index contributed by atoms with van der Waals surface area (Å²) in [5.41, 5.74) is 11.5. The maximum absolute atomic E-state index is 12.1. The van der Waals surface area contributed by atoms with Gasteiger partial charge in [-0.05, 0) is 72.2 Å². The Kier molecular flexibility index (Phi) is 6.86. The van der Waals surface area contributed by atoms with Gasteiger partial charge in [0.2, 0.25) is 5.56 Å². The second kappa shape index (κ2) is 9.81. The predicted octanol–water partition coefficient (Wildman–Crippen LogP) is 4.76. The maximum Gasteiger partial charge on any atom is 0.407 e. The van der Waals surface area contributed by atoms with E-state index in [1.54, 1.807) is 6.07 Å². The van der Waals surface area contributed by atoms with Crippen LogP contribution in [0, 0.1) is 6.92 Å². The van der Waals surface area contributed by atoms with Gasteiger partial charge in [-0.2, -0.15) is 0 Å². The molecule has 0 spiro atoms. The van der Waals surface area contributed by atoms with Gasteiger partial charge in [0.05, 0.1) is 0 Å². The van der Waals surface area contributed by atoms with Crippen LogP contribution in [0.25, 0.3) is 11.1 Å². The Morgan fingerprint density at radius 1 is 1.18 bits per heavy atom. The average molecular weight is 466 g/mol. The van der Waals surface area contributed by atoms with Crippen LogP contribution in [0.2, 0.25) is 5.02 Å². The number of rotatable bonds is 5.